The lowest BCUT2D eigenvalue weighted by Gasteiger charge is -2.40. The average Bonchev–Trinajstić information content (AvgIpc) is 2.39. The van der Waals surface area contributed by atoms with Crippen LogP contribution in [0.3, 0.4) is 0 Å². The maximum Gasteiger partial charge on any atom is 0.0326 e. The number of hydrogen-bond acceptors (Lipinski definition) is 2. The first-order chi connectivity index (χ1) is 9.00. The molecule has 0 unspecified atom stereocenters. The van der Waals surface area contributed by atoms with E-state index in [0.717, 1.165) is 0 Å². The Kier molecular flexibility index (Phi) is 4.72. The van der Waals surface area contributed by atoms with Crippen LogP contribution in [0.25, 0.3) is 0 Å². The topological polar surface area (TPSA) is 6.48 Å². The molecule has 0 radical (unpaired) electrons. The zero-order chi connectivity index (χ0) is 13.9. The van der Waals surface area contributed by atoms with Crippen molar-refractivity contribution in [2.75, 3.05) is 32.7 Å². The predicted octanol–water partition coefficient (Wildman–Crippen LogP) is 3.66. The standard InChI is InChI=1S/C17H30N2/c1-5-17(3,4)14-18-9-11-19(12-10-18)16-8-6-7-15(2)13-16/h8,13H,5-7,9-12,14H2,1-4H3. The van der Waals surface area contributed by atoms with Crippen molar-refractivity contribution < 1.29 is 0 Å². The highest BCUT2D eigenvalue weighted by Gasteiger charge is 2.24. The quantitative estimate of drug-likeness (QED) is 0.763. The first-order valence-corrected chi connectivity index (χ1v) is 7.85. The van der Waals surface area contributed by atoms with Crippen molar-refractivity contribution in [2.45, 2.75) is 47.0 Å². The molecule has 108 valence electrons. The molecule has 0 aromatic heterocycles. The van der Waals surface area contributed by atoms with E-state index in [2.05, 4.69) is 49.6 Å². The van der Waals surface area contributed by atoms with Gasteiger partial charge in [-0.1, -0.05) is 32.4 Å². The fourth-order valence-electron chi connectivity index (χ4n) is 2.93. The van der Waals surface area contributed by atoms with Crippen molar-refractivity contribution >= 4 is 0 Å². The summed E-state index contributed by atoms with van der Waals surface area (Å²) in [6.45, 7) is 15.4. The summed E-state index contributed by atoms with van der Waals surface area (Å²) in [4.78, 5) is 5.21. The summed E-state index contributed by atoms with van der Waals surface area (Å²) in [5.41, 5.74) is 3.47. The molecule has 2 nitrogen and oxygen atoms in total. The summed E-state index contributed by atoms with van der Waals surface area (Å²) in [5, 5.41) is 0. The van der Waals surface area contributed by atoms with Gasteiger partial charge in [-0.05, 0) is 37.7 Å². The van der Waals surface area contributed by atoms with Crippen LogP contribution in [0.2, 0.25) is 0 Å². The Labute approximate surface area is 119 Å². The Bertz CT molecular complexity index is 357. The SMILES string of the molecule is CCC(C)(C)CN1CCN(C2=CCCC(C)=C2)CC1. The summed E-state index contributed by atoms with van der Waals surface area (Å²) in [6.07, 6.45) is 8.53. The van der Waals surface area contributed by atoms with Crippen molar-refractivity contribution in [1.29, 1.82) is 0 Å². The van der Waals surface area contributed by atoms with Crippen molar-refractivity contribution in [1.82, 2.24) is 9.80 Å². The molecule has 1 heterocycles. The minimum Gasteiger partial charge on any atom is -0.369 e. The maximum atomic E-state index is 2.64. The highest BCUT2D eigenvalue weighted by atomic mass is 15.3. The van der Waals surface area contributed by atoms with Crippen LogP contribution in [0.15, 0.2) is 23.4 Å². The van der Waals surface area contributed by atoms with Gasteiger partial charge in [0.05, 0.1) is 0 Å². The third kappa shape index (κ3) is 4.10. The number of hydrogen-bond donors (Lipinski definition) is 0. The van der Waals surface area contributed by atoms with Gasteiger partial charge in [-0.25, -0.2) is 0 Å². The Balaban J connectivity index is 1.84. The van der Waals surface area contributed by atoms with Gasteiger partial charge in [0.15, 0.2) is 0 Å². The van der Waals surface area contributed by atoms with Crippen molar-refractivity contribution in [3.63, 3.8) is 0 Å². The van der Waals surface area contributed by atoms with Crippen LogP contribution in [-0.4, -0.2) is 42.5 Å². The molecular formula is C17H30N2. The second kappa shape index (κ2) is 6.13. The third-order valence-corrected chi connectivity index (χ3v) is 4.63. The number of nitrogens with zero attached hydrogens (tertiary/aromatic N) is 2. The number of piperazine rings is 1. The van der Waals surface area contributed by atoms with Gasteiger partial charge < -0.3 is 4.90 Å². The molecule has 1 aliphatic heterocycles. The lowest BCUT2D eigenvalue weighted by atomic mass is 9.89. The van der Waals surface area contributed by atoms with Gasteiger partial charge in [0.2, 0.25) is 0 Å². The molecular weight excluding hydrogens is 232 g/mol. The second-order valence-electron chi connectivity index (χ2n) is 6.94. The van der Waals surface area contributed by atoms with Gasteiger partial charge in [-0.15, -0.1) is 0 Å². The van der Waals surface area contributed by atoms with E-state index in [9.17, 15) is 0 Å². The minimum absolute atomic E-state index is 0.461. The van der Waals surface area contributed by atoms with Gasteiger partial charge in [0.25, 0.3) is 0 Å². The lowest BCUT2D eigenvalue weighted by molar-refractivity contribution is 0.113. The van der Waals surface area contributed by atoms with E-state index >= 15 is 0 Å². The zero-order valence-electron chi connectivity index (χ0n) is 13.2. The van der Waals surface area contributed by atoms with Crippen LogP contribution >= 0.6 is 0 Å². The molecule has 0 saturated carbocycles. The van der Waals surface area contributed by atoms with Gasteiger partial charge >= 0.3 is 0 Å². The molecule has 19 heavy (non-hydrogen) atoms. The van der Waals surface area contributed by atoms with Crippen LogP contribution < -0.4 is 0 Å². The van der Waals surface area contributed by atoms with E-state index in [0.29, 0.717) is 5.41 Å². The molecule has 0 N–H and O–H groups in total. The van der Waals surface area contributed by atoms with E-state index in [1.165, 1.54) is 63.3 Å². The fourth-order valence-corrected chi connectivity index (χ4v) is 2.93. The molecule has 1 saturated heterocycles. The summed E-state index contributed by atoms with van der Waals surface area (Å²) in [6, 6.07) is 0. The van der Waals surface area contributed by atoms with E-state index in [1.54, 1.807) is 0 Å². The Morgan fingerprint density at radius 3 is 2.42 bits per heavy atom. The molecule has 0 bridgehead atoms. The predicted molar refractivity (Wildman–Crippen MR) is 83.2 cm³/mol. The van der Waals surface area contributed by atoms with Crippen LogP contribution in [0.5, 0.6) is 0 Å². The molecule has 0 atom stereocenters. The Morgan fingerprint density at radius 2 is 1.84 bits per heavy atom. The maximum absolute atomic E-state index is 2.64. The Hall–Kier alpha value is -0.760. The van der Waals surface area contributed by atoms with Gasteiger partial charge in [-0.3, -0.25) is 4.90 Å². The number of rotatable bonds is 4. The summed E-state index contributed by atoms with van der Waals surface area (Å²) in [5.74, 6) is 0. The van der Waals surface area contributed by atoms with E-state index in [4.69, 9.17) is 0 Å². The molecule has 1 aliphatic carbocycles. The van der Waals surface area contributed by atoms with Gasteiger partial charge in [0.1, 0.15) is 0 Å². The largest absolute Gasteiger partial charge is 0.369 e. The normalized spacial score (nSPS) is 22.2. The molecule has 0 spiro atoms. The minimum atomic E-state index is 0.461. The van der Waals surface area contributed by atoms with Crippen LogP contribution in [0, 0.1) is 5.41 Å². The summed E-state index contributed by atoms with van der Waals surface area (Å²) < 4.78 is 0. The van der Waals surface area contributed by atoms with Crippen molar-refractivity contribution in [2.24, 2.45) is 5.41 Å². The summed E-state index contributed by atoms with van der Waals surface area (Å²) >= 11 is 0. The van der Waals surface area contributed by atoms with Crippen molar-refractivity contribution in [3.05, 3.63) is 23.4 Å². The zero-order valence-corrected chi connectivity index (χ0v) is 13.2. The van der Waals surface area contributed by atoms with E-state index in [1.807, 2.05) is 0 Å². The van der Waals surface area contributed by atoms with Gasteiger partial charge in [-0.2, -0.15) is 0 Å². The van der Waals surface area contributed by atoms with Crippen LogP contribution in [0.1, 0.15) is 47.0 Å². The second-order valence-corrected chi connectivity index (χ2v) is 6.94. The highest BCUT2D eigenvalue weighted by Crippen LogP contribution is 2.24. The molecule has 1 fully saturated rings. The fraction of sp³-hybridized carbons (Fsp3) is 0.765. The molecule has 0 aromatic rings. The van der Waals surface area contributed by atoms with Crippen LogP contribution in [-0.2, 0) is 0 Å². The lowest BCUT2D eigenvalue weighted by Crippen LogP contribution is -2.48. The first-order valence-electron chi connectivity index (χ1n) is 7.85. The monoisotopic (exact) mass is 262 g/mol. The molecule has 2 aliphatic rings. The molecule has 2 rings (SSSR count). The van der Waals surface area contributed by atoms with Crippen LogP contribution in [0.4, 0.5) is 0 Å². The molecule has 0 aromatic carbocycles. The number of allylic oxidation sites excluding steroid dienone is 3. The van der Waals surface area contributed by atoms with Crippen molar-refractivity contribution in [3.8, 4) is 0 Å². The van der Waals surface area contributed by atoms with Gasteiger partial charge in [0, 0.05) is 38.4 Å². The summed E-state index contributed by atoms with van der Waals surface area (Å²) in [7, 11) is 0. The van der Waals surface area contributed by atoms with E-state index < -0.39 is 0 Å². The highest BCUT2D eigenvalue weighted by molar-refractivity contribution is 5.26. The third-order valence-electron chi connectivity index (χ3n) is 4.63. The van der Waals surface area contributed by atoms with E-state index in [-0.39, 0.29) is 0 Å². The molecule has 0 amide bonds. The average molecular weight is 262 g/mol. The Morgan fingerprint density at radius 1 is 1.16 bits per heavy atom. The smallest absolute Gasteiger partial charge is 0.0326 e. The molecule has 2 heteroatoms. The first kappa shape index (κ1) is 14.6.